The zero-order valence-corrected chi connectivity index (χ0v) is 10.9. The van der Waals surface area contributed by atoms with Gasteiger partial charge < -0.3 is 15.0 Å². The first kappa shape index (κ1) is 12.8. The van der Waals surface area contributed by atoms with Gasteiger partial charge in [0.1, 0.15) is 0 Å². The van der Waals surface area contributed by atoms with Gasteiger partial charge in [0, 0.05) is 31.6 Å². The molecule has 0 spiro atoms. The molecule has 2 aliphatic rings. The van der Waals surface area contributed by atoms with Crippen molar-refractivity contribution in [2.45, 2.75) is 44.7 Å². The first-order valence-corrected chi connectivity index (χ1v) is 6.77. The van der Waals surface area contributed by atoms with Crippen LogP contribution in [0.2, 0.25) is 0 Å². The topological polar surface area (TPSA) is 41.6 Å². The summed E-state index contributed by atoms with van der Waals surface area (Å²) < 4.78 is 5.03. The molecule has 98 valence electrons. The fourth-order valence-electron chi connectivity index (χ4n) is 2.75. The Morgan fingerprint density at radius 3 is 2.76 bits per heavy atom. The van der Waals surface area contributed by atoms with Crippen molar-refractivity contribution < 1.29 is 9.53 Å². The zero-order valence-electron chi connectivity index (χ0n) is 10.9. The molecule has 2 fully saturated rings. The second kappa shape index (κ2) is 5.83. The van der Waals surface area contributed by atoms with Crippen LogP contribution in [0.4, 0.5) is 0 Å². The van der Waals surface area contributed by atoms with E-state index < -0.39 is 0 Å². The van der Waals surface area contributed by atoms with E-state index >= 15 is 0 Å². The normalized spacial score (nSPS) is 30.2. The van der Waals surface area contributed by atoms with Gasteiger partial charge in [-0.2, -0.15) is 0 Å². The first-order chi connectivity index (χ1) is 8.17. The minimum absolute atomic E-state index is 0.0435. The van der Waals surface area contributed by atoms with Crippen LogP contribution in [0.5, 0.6) is 0 Å². The van der Waals surface area contributed by atoms with Crippen molar-refractivity contribution in [3.63, 3.8) is 0 Å². The van der Waals surface area contributed by atoms with E-state index in [1.165, 1.54) is 12.8 Å². The van der Waals surface area contributed by atoms with Gasteiger partial charge in [-0.3, -0.25) is 4.79 Å². The van der Waals surface area contributed by atoms with Crippen molar-refractivity contribution in [2.24, 2.45) is 5.92 Å². The number of nitrogens with zero attached hydrogens (tertiary/aromatic N) is 1. The molecule has 1 saturated heterocycles. The smallest absolute Gasteiger partial charge is 0.306 e. The Morgan fingerprint density at radius 2 is 2.12 bits per heavy atom. The van der Waals surface area contributed by atoms with Gasteiger partial charge >= 0.3 is 5.97 Å². The van der Waals surface area contributed by atoms with E-state index in [0.29, 0.717) is 25.0 Å². The van der Waals surface area contributed by atoms with Gasteiger partial charge in [0.15, 0.2) is 0 Å². The highest BCUT2D eigenvalue weighted by molar-refractivity contribution is 5.69. The standard InChI is InChI=1S/C13H24N2O2/c1-3-17-13(16)7-10-6-12(9-15(2)8-10)14-11-4-5-11/h10-12,14H,3-9H2,1-2H3. The van der Waals surface area contributed by atoms with Crippen LogP contribution in [0.15, 0.2) is 0 Å². The lowest BCUT2D eigenvalue weighted by Crippen LogP contribution is -2.48. The second-order valence-corrected chi connectivity index (χ2v) is 5.47. The SMILES string of the molecule is CCOC(=O)CC1CC(NC2CC2)CN(C)C1. The van der Waals surface area contributed by atoms with Crippen molar-refractivity contribution in [1.29, 1.82) is 0 Å². The summed E-state index contributed by atoms with van der Waals surface area (Å²) in [6, 6.07) is 1.30. The van der Waals surface area contributed by atoms with Gasteiger partial charge in [-0.25, -0.2) is 0 Å². The quantitative estimate of drug-likeness (QED) is 0.728. The van der Waals surface area contributed by atoms with Crippen LogP contribution < -0.4 is 5.32 Å². The van der Waals surface area contributed by atoms with E-state index in [9.17, 15) is 4.79 Å². The molecule has 0 amide bonds. The van der Waals surface area contributed by atoms with Crippen molar-refractivity contribution >= 4 is 5.97 Å². The van der Waals surface area contributed by atoms with Crippen LogP contribution in [0, 0.1) is 5.92 Å². The summed E-state index contributed by atoms with van der Waals surface area (Å²) in [7, 11) is 2.14. The Labute approximate surface area is 104 Å². The molecule has 0 aromatic carbocycles. The third kappa shape index (κ3) is 4.28. The number of hydrogen-bond donors (Lipinski definition) is 1. The lowest BCUT2D eigenvalue weighted by molar-refractivity contribution is -0.144. The maximum Gasteiger partial charge on any atom is 0.306 e. The average Bonchev–Trinajstić information content (AvgIpc) is 3.00. The van der Waals surface area contributed by atoms with Gasteiger partial charge in [-0.05, 0) is 39.2 Å². The maximum absolute atomic E-state index is 11.5. The number of nitrogens with one attached hydrogen (secondary N) is 1. The van der Waals surface area contributed by atoms with Crippen LogP contribution in [-0.4, -0.2) is 49.7 Å². The third-order valence-corrected chi connectivity index (χ3v) is 3.53. The largest absolute Gasteiger partial charge is 0.466 e. The number of ether oxygens (including phenoxy) is 1. The molecule has 17 heavy (non-hydrogen) atoms. The van der Waals surface area contributed by atoms with E-state index in [-0.39, 0.29) is 5.97 Å². The van der Waals surface area contributed by atoms with E-state index in [0.717, 1.165) is 25.6 Å². The Hall–Kier alpha value is -0.610. The predicted octanol–water partition coefficient (Wildman–Crippen LogP) is 1.01. The molecule has 0 radical (unpaired) electrons. The maximum atomic E-state index is 11.5. The number of esters is 1. The van der Waals surface area contributed by atoms with Gasteiger partial charge in [-0.15, -0.1) is 0 Å². The van der Waals surface area contributed by atoms with Crippen molar-refractivity contribution in [3.05, 3.63) is 0 Å². The molecule has 1 N–H and O–H groups in total. The Balaban J connectivity index is 1.77. The van der Waals surface area contributed by atoms with E-state index in [4.69, 9.17) is 4.74 Å². The molecular weight excluding hydrogens is 216 g/mol. The number of likely N-dealkylation sites (N-methyl/N-ethyl adjacent to an activating group) is 1. The van der Waals surface area contributed by atoms with Crippen LogP contribution in [0.3, 0.4) is 0 Å². The number of hydrogen-bond acceptors (Lipinski definition) is 4. The Bertz CT molecular complexity index is 264. The molecule has 1 saturated carbocycles. The lowest BCUT2D eigenvalue weighted by Gasteiger charge is -2.35. The molecule has 4 nitrogen and oxygen atoms in total. The molecule has 2 unspecified atom stereocenters. The molecule has 4 heteroatoms. The van der Waals surface area contributed by atoms with Crippen LogP contribution in [-0.2, 0) is 9.53 Å². The summed E-state index contributed by atoms with van der Waals surface area (Å²) >= 11 is 0. The number of carbonyl (C=O) groups excluding carboxylic acids is 1. The molecule has 1 aliphatic heterocycles. The van der Waals surface area contributed by atoms with Gasteiger partial charge in [0.2, 0.25) is 0 Å². The lowest BCUT2D eigenvalue weighted by atomic mass is 9.92. The molecule has 1 heterocycles. The molecule has 0 aromatic heterocycles. The summed E-state index contributed by atoms with van der Waals surface area (Å²) in [5.74, 6) is 0.405. The summed E-state index contributed by atoms with van der Waals surface area (Å²) in [4.78, 5) is 13.8. The zero-order chi connectivity index (χ0) is 12.3. The molecule has 0 aromatic rings. The highest BCUT2D eigenvalue weighted by Crippen LogP contribution is 2.24. The predicted molar refractivity (Wildman–Crippen MR) is 66.8 cm³/mol. The minimum atomic E-state index is -0.0435. The van der Waals surface area contributed by atoms with Crippen LogP contribution >= 0.6 is 0 Å². The fourth-order valence-corrected chi connectivity index (χ4v) is 2.75. The Kier molecular flexibility index (Phi) is 4.40. The summed E-state index contributed by atoms with van der Waals surface area (Å²) in [5, 5.41) is 3.66. The van der Waals surface area contributed by atoms with Crippen molar-refractivity contribution in [2.75, 3.05) is 26.7 Å². The van der Waals surface area contributed by atoms with Gasteiger partial charge in [0.25, 0.3) is 0 Å². The number of piperidine rings is 1. The summed E-state index contributed by atoms with van der Waals surface area (Å²) in [5.41, 5.74) is 0. The fraction of sp³-hybridized carbons (Fsp3) is 0.923. The van der Waals surface area contributed by atoms with Crippen LogP contribution in [0.1, 0.15) is 32.6 Å². The Morgan fingerprint density at radius 1 is 1.35 bits per heavy atom. The monoisotopic (exact) mass is 240 g/mol. The molecule has 2 atom stereocenters. The van der Waals surface area contributed by atoms with E-state index in [1.807, 2.05) is 6.92 Å². The number of rotatable bonds is 5. The summed E-state index contributed by atoms with van der Waals surface area (Å²) in [6.07, 6.45) is 4.33. The van der Waals surface area contributed by atoms with E-state index in [2.05, 4.69) is 17.3 Å². The number of carbonyl (C=O) groups is 1. The van der Waals surface area contributed by atoms with Crippen molar-refractivity contribution in [3.8, 4) is 0 Å². The number of likely N-dealkylation sites (tertiary alicyclic amines) is 1. The highest BCUT2D eigenvalue weighted by Gasteiger charge is 2.31. The molecule has 1 aliphatic carbocycles. The second-order valence-electron chi connectivity index (χ2n) is 5.47. The molecular formula is C13H24N2O2. The van der Waals surface area contributed by atoms with Crippen molar-refractivity contribution in [1.82, 2.24) is 10.2 Å². The summed E-state index contributed by atoms with van der Waals surface area (Å²) in [6.45, 7) is 4.48. The first-order valence-electron chi connectivity index (χ1n) is 6.77. The average molecular weight is 240 g/mol. The highest BCUT2D eigenvalue weighted by atomic mass is 16.5. The third-order valence-electron chi connectivity index (χ3n) is 3.53. The van der Waals surface area contributed by atoms with Gasteiger partial charge in [-0.1, -0.05) is 0 Å². The minimum Gasteiger partial charge on any atom is -0.466 e. The van der Waals surface area contributed by atoms with Crippen LogP contribution in [0.25, 0.3) is 0 Å². The molecule has 2 rings (SSSR count). The molecule has 0 bridgehead atoms. The van der Waals surface area contributed by atoms with E-state index in [1.54, 1.807) is 0 Å². The van der Waals surface area contributed by atoms with Gasteiger partial charge in [0.05, 0.1) is 6.61 Å².